The maximum absolute atomic E-state index is 12.2. The summed E-state index contributed by atoms with van der Waals surface area (Å²) in [6, 6.07) is 9.81. The predicted octanol–water partition coefficient (Wildman–Crippen LogP) is 3.91. The van der Waals surface area contributed by atoms with E-state index in [4.69, 9.17) is 32.7 Å². The van der Waals surface area contributed by atoms with E-state index in [9.17, 15) is 13.2 Å². The third-order valence-corrected chi connectivity index (χ3v) is 5.86. The summed E-state index contributed by atoms with van der Waals surface area (Å²) in [5.74, 6) is 0.736. The summed E-state index contributed by atoms with van der Waals surface area (Å²) in [6.07, 6.45) is 1.51. The number of carbonyl (C=O) groups is 1. The van der Waals surface area contributed by atoms with E-state index in [1.807, 2.05) is 0 Å². The Labute approximate surface area is 173 Å². The fraction of sp³-hybridized carbons (Fsp3) is 0.278. The Morgan fingerprint density at radius 2 is 1.82 bits per heavy atom. The molecule has 0 aliphatic carbocycles. The molecule has 0 saturated heterocycles. The van der Waals surface area contributed by atoms with Crippen LogP contribution in [0.15, 0.2) is 36.4 Å². The van der Waals surface area contributed by atoms with Crippen LogP contribution in [0.1, 0.15) is 12.8 Å². The fourth-order valence-corrected chi connectivity index (χ4v) is 4.18. The molecule has 2 aromatic rings. The Hall–Kier alpha value is -2.16. The van der Waals surface area contributed by atoms with Gasteiger partial charge in [-0.05, 0) is 30.7 Å². The van der Waals surface area contributed by atoms with Gasteiger partial charge < -0.3 is 14.8 Å². The molecule has 3 rings (SSSR count). The standard InChI is InChI=1S/C18H18Cl2N2O5S/c1-28(24,25)22(12-7-8-15-16(10-12)27-11-26-15)9-3-6-17(23)21-18-13(19)4-2-5-14(18)20/h2,4-5,7-8,10H,3,6,9,11H2,1H3,(H,21,23). The number of nitrogens with zero attached hydrogens (tertiary/aromatic N) is 1. The van der Waals surface area contributed by atoms with Crippen LogP contribution in [0.3, 0.4) is 0 Å². The van der Waals surface area contributed by atoms with Crippen LogP contribution in [0.4, 0.5) is 11.4 Å². The Bertz CT molecular complexity index is 977. The third-order valence-electron chi connectivity index (χ3n) is 4.04. The van der Waals surface area contributed by atoms with Crippen LogP contribution in [0.25, 0.3) is 0 Å². The molecule has 1 amide bonds. The molecule has 1 aliphatic rings. The molecule has 0 unspecified atom stereocenters. The van der Waals surface area contributed by atoms with Crippen molar-refractivity contribution in [3.63, 3.8) is 0 Å². The quantitative estimate of drug-likeness (QED) is 0.699. The first kappa shape index (κ1) is 20.6. The van der Waals surface area contributed by atoms with E-state index in [1.54, 1.807) is 36.4 Å². The number of amides is 1. The second-order valence-corrected chi connectivity index (χ2v) is 8.84. The highest BCUT2D eigenvalue weighted by molar-refractivity contribution is 7.92. The second kappa shape index (κ2) is 8.46. The van der Waals surface area contributed by atoms with Crippen LogP contribution in [-0.4, -0.2) is 33.9 Å². The van der Waals surface area contributed by atoms with E-state index < -0.39 is 10.0 Å². The normalized spacial score (nSPS) is 12.7. The number of para-hydroxylation sites is 1. The lowest BCUT2D eigenvalue weighted by Crippen LogP contribution is -2.31. The number of hydrogen-bond acceptors (Lipinski definition) is 5. The lowest BCUT2D eigenvalue weighted by molar-refractivity contribution is -0.116. The van der Waals surface area contributed by atoms with Gasteiger partial charge in [0, 0.05) is 19.0 Å². The van der Waals surface area contributed by atoms with Crippen LogP contribution in [0.5, 0.6) is 11.5 Å². The van der Waals surface area contributed by atoms with Gasteiger partial charge in [0.05, 0.1) is 27.7 Å². The van der Waals surface area contributed by atoms with Gasteiger partial charge in [-0.15, -0.1) is 0 Å². The molecule has 1 heterocycles. The molecule has 7 nitrogen and oxygen atoms in total. The van der Waals surface area contributed by atoms with Crippen LogP contribution >= 0.6 is 23.2 Å². The van der Waals surface area contributed by atoms with Crippen LogP contribution in [0, 0.1) is 0 Å². The summed E-state index contributed by atoms with van der Waals surface area (Å²) < 4.78 is 36.2. The third kappa shape index (κ3) is 4.81. The highest BCUT2D eigenvalue weighted by Gasteiger charge is 2.21. The predicted molar refractivity (Wildman–Crippen MR) is 109 cm³/mol. The summed E-state index contributed by atoms with van der Waals surface area (Å²) in [5, 5.41) is 3.32. The Balaban J connectivity index is 1.64. The number of sulfonamides is 1. The number of rotatable bonds is 7. The zero-order valence-electron chi connectivity index (χ0n) is 14.9. The molecule has 150 valence electrons. The summed E-state index contributed by atoms with van der Waals surface area (Å²) in [7, 11) is -3.54. The van der Waals surface area contributed by atoms with Crippen molar-refractivity contribution in [2.45, 2.75) is 12.8 Å². The molecule has 0 aromatic heterocycles. The first-order valence-corrected chi connectivity index (χ1v) is 11.0. The number of nitrogens with one attached hydrogen (secondary N) is 1. The minimum Gasteiger partial charge on any atom is -0.454 e. The van der Waals surface area contributed by atoms with E-state index in [2.05, 4.69) is 5.32 Å². The minimum atomic E-state index is -3.54. The Kier molecular flexibility index (Phi) is 6.22. The average molecular weight is 445 g/mol. The summed E-state index contributed by atoms with van der Waals surface area (Å²) in [6.45, 7) is 0.227. The Morgan fingerprint density at radius 3 is 2.50 bits per heavy atom. The number of hydrogen-bond donors (Lipinski definition) is 1. The number of benzene rings is 2. The first-order valence-electron chi connectivity index (χ1n) is 8.37. The van der Waals surface area contributed by atoms with Crippen LogP contribution < -0.4 is 19.1 Å². The highest BCUT2D eigenvalue weighted by atomic mass is 35.5. The summed E-state index contributed by atoms with van der Waals surface area (Å²) >= 11 is 12.1. The zero-order chi connectivity index (χ0) is 20.3. The lowest BCUT2D eigenvalue weighted by atomic mass is 10.2. The SMILES string of the molecule is CS(=O)(=O)N(CCCC(=O)Nc1c(Cl)cccc1Cl)c1ccc2c(c1)OCO2. The van der Waals surface area contributed by atoms with Crippen molar-refractivity contribution in [2.75, 3.05) is 29.2 Å². The van der Waals surface area contributed by atoms with Gasteiger partial charge in [0.2, 0.25) is 22.7 Å². The van der Waals surface area contributed by atoms with Gasteiger partial charge in [-0.3, -0.25) is 9.10 Å². The molecule has 28 heavy (non-hydrogen) atoms. The molecule has 1 N–H and O–H groups in total. The molecular formula is C18H18Cl2N2O5S. The average Bonchev–Trinajstić information content (AvgIpc) is 3.08. The molecule has 0 spiro atoms. The van der Waals surface area contributed by atoms with Gasteiger partial charge >= 0.3 is 0 Å². The molecular weight excluding hydrogens is 427 g/mol. The first-order chi connectivity index (χ1) is 13.3. The number of anilines is 2. The zero-order valence-corrected chi connectivity index (χ0v) is 17.3. The fourth-order valence-electron chi connectivity index (χ4n) is 2.73. The van der Waals surface area contributed by atoms with E-state index in [1.165, 1.54) is 4.31 Å². The van der Waals surface area contributed by atoms with E-state index in [0.29, 0.717) is 39.3 Å². The van der Waals surface area contributed by atoms with Crippen molar-refractivity contribution in [1.29, 1.82) is 0 Å². The van der Waals surface area contributed by atoms with Gasteiger partial charge in [0.25, 0.3) is 0 Å². The largest absolute Gasteiger partial charge is 0.454 e. The monoisotopic (exact) mass is 444 g/mol. The van der Waals surface area contributed by atoms with E-state index in [-0.39, 0.29) is 25.7 Å². The minimum absolute atomic E-state index is 0.0954. The number of halogens is 2. The van der Waals surface area contributed by atoms with Crippen molar-refractivity contribution in [3.05, 3.63) is 46.4 Å². The van der Waals surface area contributed by atoms with Crippen molar-refractivity contribution < 1.29 is 22.7 Å². The van der Waals surface area contributed by atoms with Gasteiger partial charge in [-0.1, -0.05) is 29.3 Å². The molecule has 0 atom stereocenters. The smallest absolute Gasteiger partial charge is 0.232 e. The Morgan fingerprint density at radius 1 is 1.14 bits per heavy atom. The van der Waals surface area contributed by atoms with Crippen molar-refractivity contribution in [3.8, 4) is 11.5 Å². The van der Waals surface area contributed by atoms with Crippen molar-refractivity contribution >= 4 is 50.5 Å². The van der Waals surface area contributed by atoms with E-state index >= 15 is 0 Å². The summed E-state index contributed by atoms with van der Waals surface area (Å²) in [4.78, 5) is 12.2. The maximum Gasteiger partial charge on any atom is 0.232 e. The number of ether oxygens (including phenoxy) is 2. The van der Waals surface area contributed by atoms with Gasteiger partial charge in [-0.2, -0.15) is 0 Å². The van der Waals surface area contributed by atoms with E-state index in [0.717, 1.165) is 6.26 Å². The van der Waals surface area contributed by atoms with Crippen molar-refractivity contribution in [1.82, 2.24) is 0 Å². The highest BCUT2D eigenvalue weighted by Crippen LogP contribution is 2.36. The lowest BCUT2D eigenvalue weighted by Gasteiger charge is -2.22. The van der Waals surface area contributed by atoms with Gasteiger partial charge in [0.15, 0.2) is 11.5 Å². The molecule has 0 radical (unpaired) electrons. The van der Waals surface area contributed by atoms with Crippen LogP contribution in [0.2, 0.25) is 10.0 Å². The number of fused-ring (bicyclic) bond motifs is 1. The van der Waals surface area contributed by atoms with Gasteiger partial charge in [0.1, 0.15) is 0 Å². The maximum atomic E-state index is 12.2. The summed E-state index contributed by atoms with van der Waals surface area (Å²) in [5.41, 5.74) is 0.785. The number of carbonyl (C=O) groups excluding carboxylic acids is 1. The molecule has 0 bridgehead atoms. The topological polar surface area (TPSA) is 84.9 Å². The molecule has 1 aliphatic heterocycles. The molecule has 10 heteroatoms. The molecule has 0 fully saturated rings. The van der Waals surface area contributed by atoms with Gasteiger partial charge in [-0.25, -0.2) is 8.42 Å². The van der Waals surface area contributed by atoms with Crippen molar-refractivity contribution in [2.24, 2.45) is 0 Å². The second-order valence-electron chi connectivity index (χ2n) is 6.12. The van der Waals surface area contributed by atoms with Crippen LogP contribution in [-0.2, 0) is 14.8 Å². The molecule has 0 saturated carbocycles. The molecule has 2 aromatic carbocycles.